The fourth-order valence-electron chi connectivity index (χ4n) is 2.04. The predicted molar refractivity (Wildman–Crippen MR) is 103 cm³/mol. The number of hydrogen-bond acceptors (Lipinski definition) is 5. The van der Waals surface area contributed by atoms with E-state index in [4.69, 9.17) is 9.47 Å². The van der Waals surface area contributed by atoms with Crippen LogP contribution in [0.5, 0.6) is 5.75 Å². The number of amides is 1. The highest BCUT2D eigenvalue weighted by Gasteiger charge is 2.32. The number of esters is 1. The van der Waals surface area contributed by atoms with Crippen LogP contribution in [0.2, 0.25) is 0 Å². The first kappa shape index (κ1) is 22.5. The molecule has 1 aromatic rings. The van der Waals surface area contributed by atoms with Gasteiger partial charge < -0.3 is 14.8 Å². The van der Waals surface area contributed by atoms with Gasteiger partial charge in [0.25, 0.3) is 5.91 Å². The van der Waals surface area contributed by atoms with Crippen LogP contribution in [0.3, 0.4) is 0 Å². The molecule has 0 heterocycles. The van der Waals surface area contributed by atoms with Crippen molar-refractivity contribution < 1.29 is 19.1 Å². The zero-order valence-corrected chi connectivity index (χ0v) is 17.0. The number of benzene rings is 1. The summed E-state index contributed by atoms with van der Waals surface area (Å²) in [5.74, 6) is 0.0482. The van der Waals surface area contributed by atoms with E-state index in [9.17, 15) is 14.9 Å². The molecule has 27 heavy (non-hydrogen) atoms. The Morgan fingerprint density at radius 1 is 1.15 bits per heavy atom. The summed E-state index contributed by atoms with van der Waals surface area (Å²) in [6, 6.07) is 8.70. The number of carbonyl (C=O) groups is 2. The van der Waals surface area contributed by atoms with E-state index in [1.165, 1.54) is 6.92 Å². The minimum Gasteiger partial charge on any atom is -0.494 e. The Kier molecular flexibility index (Phi) is 8.30. The van der Waals surface area contributed by atoms with Crippen molar-refractivity contribution in [1.82, 2.24) is 5.32 Å². The number of rotatable bonds is 9. The Hall–Kier alpha value is -2.55. The molecule has 0 aromatic heterocycles. The third-order valence-corrected chi connectivity index (χ3v) is 4.48. The summed E-state index contributed by atoms with van der Waals surface area (Å²) < 4.78 is 10.8. The molecule has 0 aliphatic rings. The van der Waals surface area contributed by atoms with E-state index in [0.717, 1.165) is 6.42 Å². The molecule has 0 aliphatic heterocycles. The van der Waals surface area contributed by atoms with Crippen LogP contribution in [-0.4, -0.2) is 30.1 Å². The van der Waals surface area contributed by atoms with Crippen molar-refractivity contribution in [1.29, 1.82) is 5.26 Å². The van der Waals surface area contributed by atoms with E-state index in [0.29, 0.717) is 23.8 Å². The Morgan fingerprint density at radius 2 is 1.74 bits per heavy atom. The minimum atomic E-state index is -1.02. The topological polar surface area (TPSA) is 88.4 Å². The van der Waals surface area contributed by atoms with Gasteiger partial charge in [0.15, 0.2) is 6.10 Å². The number of nitrogens with zero attached hydrogens (tertiary/aromatic N) is 1. The third kappa shape index (κ3) is 6.93. The molecule has 1 N–H and O–H groups in total. The molecular weight excluding hydrogens is 344 g/mol. The van der Waals surface area contributed by atoms with Gasteiger partial charge in [0.1, 0.15) is 11.3 Å². The minimum absolute atomic E-state index is 0.0856. The lowest BCUT2D eigenvalue weighted by atomic mass is 9.90. The third-order valence-electron chi connectivity index (χ3n) is 4.48. The van der Waals surface area contributed by atoms with Crippen molar-refractivity contribution in [3.8, 4) is 11.8 Å². The smallest absolute Gasteiger partial charge is 0.338 e. The summed E-state index contributed by atoms with van der Waals surface area (Å²) in [5.41, 5.74) is -0.690. The van der Waals surface area contributed by atoms with Gasteiger partial charge in [-0.1, -0.05) is 27.7 Å². The summed E-state index contributed by atoms with van der Waals surface area (Å²) in [4.78, 5) is 24.5. The SMILES string of the molecule is CC(C)CCOc1ccc(C(=O)OC(C)C(=O)NC(C)(C#N)C(C)C)cc1. The lowest BCUT2D eigenvalue weighted by molar-refractivity contribution is -0.130. The second-order valence-electron chi connectivity index (χ2n) is 7.56. The van der Waals surface area contributed by atoms with E-state index in [1.807, 2.05) is 13.8 Å². The molecule has 1 rings (SSSR count). The van der Waals surface area contributed by atoms with Crippen LogP contribution < -0.4 is 10.1 Å². The molecule has 2 atom stereocenters. The highest BCUT2D eigenvalue weighted by molar-refractivity contribution is 5.92. The number of nitrogens with one attached hydrogen (secondary N) is 1. The molecule has 0 fully saturated rings. The predicted octanol–water partition coefficient (Wildman–Crippen LogP) is 3.71. The summed E-state index contributed by atoms with van der Waals surface area (Å²) in [7, 11) is 0. The molecule has 0 saturated heterocycles. The Balaban J connectivity index is 2.62. The number of nitriles is 1. The molecule has 0 saturated carbocycles. The Bertz CT molecular complexity index is 676. The highest BCUT2D eigenvalue weighted by Crippen LogP contribution is 2.17. The quantitative estimate of drug-likeness (QED) is 0.666. The van der Waals surface area contributed by atoms with Gasteiger partial charge in [-0.25, -0.2) is 4.79 Å². The maximum Gasteiger partial charge on any atom is 0.338 e. The first-order valence-electron chi connectivity index (χ1n) is 9.26. The van der Waals surface area contributed by atoms with Crippen molar-refractivity contribution >= 4 is 11.9 Å². The molecule has 6 heteroatoms. The molecule has 6 nitrogen and oxygen atoms in total. The number of hydrogen-bond donors (Lipinski definition) is 1. The van der Waals surface area contributed by atoms with Gasteiger partial charge in [-0.15, -0.1) is 0 Å². The molecule has 0 bridgehead atoms. The fraction of sp³-hybridized carbons (Fsp3) is 0.571. The Morgan fingerprint density at radius 3 is 2.22 bits per heavy atom. The summed E-state index contributed by atoms with van der Waals surface area (Å²) in [6.07, 6.45) is -0.0556. The van der Waals surface area contributed by atoms with Gasteiger partial charge in [0.2, 0.25) is 0 Å². The van der Waals surface area contributed by atoms with Gasteiger partial charge in [0.05, 0.1) is 18.2 Å². The molecule has 2 unspecified atom stereocenters. The summed E-state index contributed by atoms with van der Waals surface area (Å²) >= 11 is 0. The van der Waals surface area contributed by atoms with Crippen molar-refractivity contribution in [2.45, 2.75) is 59.6 Å². The molecular formula is C21H30N2O4. The monoisotopic (exact) mass is 374 g/mol. The van der Waals surface area contributed by atoms with Gasteiger partial charge in [-0.2, -0.15) is 5.26 Å². The van der Waals surface area contributed by atoms with Crippen molar-refractivity contribution in [2.24, 2.45) is 11.8 Å². The number of carbonyl (C=O) groups excluding carboxylic acids is 2. The largest absolute Gasteiger partial charge is 0.494 e. The molecule has 1 amide bonds. The van der Waals surface area contributed by atoms with Crippen LogP contribution in [0.4, 0.5) is 0 Å². The van der Waals surface area contributed by atoms with E-state index in [1.54, 1.807) is 31.2 Å². The fourth-order valence-corrected chi connectivity index (χ4v) is 2.04. The summed E-state index contributed by atoms with van der Waals surface area (Å²) in [6.45, 7) is 11.7. The lowest BCUT2D eigenvalue weighted by Gasteiger charge is -2.28. The zero-order valence-electron chi connectivity index (χ0n) is 17.0. The molecule has 0 spiro atoms. The van der Waals surface area contributed by atoms with Crippen LogP contribution in [0.1, 0.15) is 58.3 Å². The van der Waals surface area contributed by atoms with Crippen LogP contribution in [0.25, 0.3) is 0 Å². The van der Waals surface area contributed by atoms with E-state index in [2.05, 4.69) is 25.2 Å². The first-order chi connectivity index (χ1) is 12.6. The van der Waals surface area contributed by atoms with E-state index >= 15 is 0 Å². The average molecular weight is 374 g/mol. The van der Waals surface area contributed by atoms with Gasteiger partial charge in [-0.05, 0) is 56.4 Å². The Labute approximate surface area is 161 Å². The van der Waals surface area contributed by atoms with Crippen LogP contribution in [0, 0.1) is 23.2 Å². The number of ether oxygens (including phenoxy) is 2. The second kappa shape index (κ2) is 9.96. The standard InChI is InChI=1S/C21H30N2O4/c1-14(2)11-12-26-18-9-7-17(8-10-18)20(25)27-16(5)19(24)23-21(6,13-22)15(3)4/h7-10,14-16H,11-12H2,1-6H3,(H,23,24). The van der Waals surface area contributed by atoms with Crippen molar-refractivity contribution in [3.05, 3.63) is 29.8 Å². The van der Waals surface area contributed by atoms with Crippen LogP contribution in [-0.2, 0) is 9.53 Å². The van der Waals surface area contributed by atoms with Crippen LogP contribution in [0.15, 0.2) is 24.3 Å². The maximum atomic E-state index is 12.3. The average Bonchev–Trinajstić information content (AvgIpc) is 2.61. The zero-order chi connectivity index (χ0) is 20.6. The van der Waals surface area contributed by atoms with Crippen molar-refractivity contribution in [2.75, 3.05) is 6.61 Å². The van der Waals surface area contributed by atoms with Crippen LogP contribution >= 0.6 is 0 Å². The van der Waals surface area contributed by atoms with Gasteiger partial charge in [-0.3, -0.25) is 4.79 Å². The second-order valence-corrected chi connectivity index (χ2v) is 7.56. The van der Waals surface area contributed by atoms with Gasteiger partial charge in [0, 0.05) is 0 Å². The first-order valence-corrected chi connectivity index (χ1v) is 9.26. The highest BCUT2D eigenvalue weighted by atomic mass is 16.5. The normalized spacial score (nSPS) is 14.2. The van der Waals surface area contributed by atoms with E-state index < -0.39 is 23.5 Å². The lowest BCUT2D eigenvalue weighted by Crippen LogP contribution is -2.52. The van der Waals surface area contributed by atoms with Gasteiger partial charge >= 0.3 is 5.97 Å². The van der Waals surface area contributed by atoms with Crippen molar-refractivity contribution in [3.63, 3.8) is 0 Å². The molecule has 0 aliphatic carbocycles. The summed E-state index contributed by atoms with van der Waals surface area (Å²) in [5, 5.41) is 11.9. The molecule has 1 aromatic carbocycles. The molecule has 148 valence electrons. The maximum absolute atomic E-state index is 12.3. The van der Waals surface area contributed by atoms with E-state index in [-0.39, 0.29) is 5.92 Å². The molecule has 0 radical (unpaired) electrons.